The van der Waals surface area contributed by atoms with Gasteiger partial charge in [0.15, 0.2) is 5.79 Å². The molecule has 3 heterocycles. The fourth-order valence-corrected chi connectivity index (χ4v) is 5.58. The van der Waals surface area contributed by atoms with Crippen molar-refractivity contribution in [2.24, 2.45) is 29.6 Å². The van der Waals surface area contributed by atoms with Crippen LogP contribution >= 0.6 is 11.6 Å². The average molecular weight is 453 g/mol. The Morgan fingerprint density at radius 1 is 1.29 bits per heavy atom. The van der Waals surface area contributed by atoms with E-state index in [4.69, 9.17) is 25.8 Å². The molecule has 0 radical (unpaired) electrons. The lowest BCUT2D eigenvalue weighted by Gasteiger charge is -2.43. The molecule has 2 fully saturated rings. The van der Waals surface area contributed by atoms with Crippen molar-refractivity contribution in [2.45, 2.75) is 58.2 Å². The molecular weight excluding hydrogens is 424 g/mol. The fourth-order valence-electron chi connectivity index (χ4n) is 5.20. The highest BCUT2D eigenvalue weighted by atomic mass is 35.5. The van der Waals surface area contributed by atoms with Crippen LogP contribution in [0.2, 0.25) is 0 Å². The number of rotatable bonds is 3. The molecule has 9 atom stereocenters. The van der Waals surface area contributed by atoms with Gasteiger partial charge in [-0.25, -0.2) is 0 Å². The molecule has 0 bridgehead atoms. The van der Waals surface area contributed by atoms with Gasteiger partial charge in [-0.15, -0.1) is 0 Å². The smallest absolute Gasteiger partial charge is 0.315 e. The van der Waals surface area contributed by atoms with Gasteiger partial charge < -0.3 is 24.4 Å². The minimum atomic E-state index is -1.83. The van der Waals surface area contributed by atoms with Gasteiger partial charge in [0.25, 0.3) is 0 Å². The normalized spacial score (nSPS) is 44.1. The minimum absolute atomic E-state index is 0.0258. The summed E-state index contributed by atoms with van der Waals surface area (Å²) in [6, 6.07) is 0. The molecule has 0 aromatic carbocycles. The second-order valence-electron chi connectivity index (χ2n) is 9.42. The number of ether oxygens (including phenoxy) is 3. The molecule has 0 amide bonds. The number of carbonyl (C=O) groups is 2. The number of allylic oxidation sites excluding steroid dienone is 2. The first-order valence-electron chi connectivity index (χ1n) is 10.7. The Labute approximate surface area is 186 Å². The first-order chi connectivity index (χ1) is 14.4. The van der Waals surface area contributed by atoms with Crippen LogP contribution in [-0.4, -0.2) is 52.2 Å². The number of aliphatic hydroxyl groups excluding tert-OH is 1. The Hall–Kier alpha value is -1.67. The van der Waals surface area contributed by atoms with E-state index in [2.05, 4.69) is 0 Å². The molecule has 2 saturated heterocycles. The molecule has 0 aromatic rings. The molecule has 1 unspecified atom stereocenters. The number of esters is 1. The Balaban J connectivity index is 1.75. The van der Waals surface area contributed by atoms with Crippen molar-refractivity contribution < 1.29 is 34.0 Å². The predicted octanol–water partition coefficient (Wildman–Crippen LogP) is 2.46. The quantitative estimate of drug-likeness (QED) is 0.634. The van der Waals surface area contributed by atoms with Crippen LogP contribution in [0.3, 0.4) is 0 Å². The number of cyclic esters (lactones) is 1. The Kier molecular flexibility index (Phi) is 5.41. The predicted molar refractivity (Wildman–Crippen MR) is 112 cm³/mol. The number of fused-ring (bicyclic) bond motifs is 5. The Bertz CT molecular complexity index is 906. The first-order valence-corrected chi connectivity index (χ1v) is 11.1. The summed E-state index contributed by atoms with van der Waals surface area (Å²) in [4.78, 5) is 26.2. The zero-order chi connectivity index (χ0) is 22.9. The first kappa shape index (κ1) is 22.5. The van der Waals surface area contributed by atoms with Gasteiger partial charge in [-0.3, -0.25) is 9.59 Å². The van der Waals surface area contributed by atoms with Gasteiger partial charge in [-0.2, -0.15) is 0 Å². The Morgan fingerprint density at radius 3 is 2.61 bits per heavy atom. The summed E-state index contributed by atoms with van der Waals surface area (Å²) in [7, 11) is 0. The van der Waals surface area contributed by atoms with E-state index in [0.717, 1.165) is 0 Å². The van der Waals surface area contributed by atoms with Gasteiger partial charge in [-0.05, 0) is 38.5 Å². The third kappa shape index (κ3) is 3.20. The van der Waals surface area contributed by atoms with Crippen LogP contribution in [-0.2, 0) is 23.8 Å². The second kappa shape index (κ2) is 7.44. The van der Waals surface area contributed by atoms with Crippen molar-refractivity contribution >= 4 is 23.4 Å². The van der Waals surface area contributed by atoms with Crippen molar-refractivity contribution in [3.8, 4) is 0 Å². The van der Waals surface area contributed by atoms with E-state index in [9.17, 15) is 19.8 Å². The molecule has 0 saturated carbocycles. The minimum Gasteiger partial charge on any atom is -0.493 e. The molecule has 170 valence electrons. The Morgan fingerprint density at radius 2 is 1.97 bits per heavy atom. The molecular formula is C23H29ClO7. The number of Topliss-reactive ketones (excluding diaryl/α,β-unsaturated/α-hetero) is 1. The maximum Gasteiger partial charge on any atom is 0.315 e. The van der Waals surface area contributed by atoms with Gasteiger partial charge in [0.2, 0.25) is 5.78 Å². The topological polar surface area (TPSA) is 102 Å². The van der Waals surface area contributed by atoms with Crippen LogP contribution < -0.4 is 0 Å². The lowest BCUT2D eigenvalue weighted by Crippen LogP contribution is -2.57. The van der Waals surface area contributed by atoms with Gasteiger partial charge >= 0.3 is 5.97 Å². The summed E-state index contributed by atoms with van der Waals surface area (Å²) in [5, 5.41) is 21.1. The maximum absolute atomic E-state index is 13.3. The highest BCUT2D eigenvalue weighted by molar-refractivity contribution is 6.44. The zero-order valence-electron chi connectivity index (χ0n) is 18.3. The van der Waals surface area contributed by atoms with Gasteiger partial charge in [0, 0.05) is 23.7 Å². The largest absolute Gasteiger partial charge is 0.493 e. The molecule has 8 heteroatoms. The van der Waals surface area contributed by atoms with E-state index in [1.807, 2.05) is 13.0 Å². The highest BCUT2D eigenvalue weighted by Crippen LogP contribution is 2.60. The van der Waals surface area contributed by atoms with Gasteiger partial charge in [0.05, 0.1) is 17.7 Å². The lowest BCUT2D eigenvalue weighted by molar-refractivity contribution is -0.286. The van der Waals surface area contributed by atoms with Crippen molar-refractivity contribution in [3.63, 3.8) is 0 Å². The molecule has 4 rings (SSSR count). The molecule has 4 aliphatic rings. The molecule has 0 spiro atoms. The van der Waals surface area contributed by atoms with E-state index in [0.29, 0.717) is 11.3 Å². The summed E-state index contributed by atoms with van der Waals surface area (Å²) in [5.74, 6) is -5.08. The van der Waals surface area contributed by atoms with Crippen molar-refractivity contribution in [2.75, 3.05) is 6.61 Å². The van der Waals surface area contributed by atoms with Gasteiger partial charge in [-0.1, -0.05) is 31.5 Å². The van der Waals surface area contributed by atoms with Crippen molar-refractivity contribution in [1.29, 1.82) is 0 Å². The fraction of sp³-hybridized carbons (Fsp3) is 0.652. The van der Waals surface area contributed by atoms with E-state index >= 15 is 0 Å². The van der Waals surface area contributed by atoms with Gasteiger partial charge in [0.1, 0.15) is 23.4 Å². The average Bonchev–Trinajstić information content (AvgIpc) is 2.98. The number of aliphatic hydroxyl groups is 2. The van der Waals surface area contributed by atoms with Crippen LogP contribution in [0.1, 0.15) is 34.6 Å². The van der Waals surface area contributed by atoms with Crippen molar-refractivity contribution in [1.82, 2.24) is 0 Å². The third-order valence-corrected chi connectivity index (χ3v) is 7.91. The molecule has 7 nitrogen and oxygen atoms in total. The van der Waals surface area contributed by atoms with Crippen LogP contribution in [0.15, 0.2) is 34.6 Å². The monoisotopic (exact) mass is 452 g/mol. The number of carbonyl (C=O) groups excluding carboxylic acids is 2. The van der Waals surface area contributed by atoms with Crippen LogP contribution in [0.5, 0.6) is 0 Å². The third-order valence-electron chi connectivity index (χ3n) is 7.52. The van der Waals surface area contributed by atoms with Crippen LogP contribution in [0.25, 0.3) is 0 Å². The summed E-state index contributed by atoms with van der Waals surface area (Å²) in [5.41, 5.74) is -0.899. The number of halogens is 1. The summed E-state index contributed by atoms with van der Waals surface area (Å²) >= 11 is 6.51. The molecule has 31 heavy (non-hydrogen) atoms. The highest BCUT2D eigenvalue weighted by Gasteiger charge is 2.73. The van der Waals surface area contributed by atoms with E-state index in [1.54, 1.807) is 39.8 Å². The number of hydrogen-bond acceptors (Lipinski definition) is 7. The number of hydrogen-bond donors (Lipinski definition) is 2. The molecule has 3 aliphatic heterocycles. The molecule has 1 aliphatic carbocycles. The van der Waals surface area contributed by atoms with E-state index in [1.165, 1.54) is 0 Å². The van der Waals surface area contributed by atoms with E-state index in [-0.39, 0.29) is 17.6 Å². The summed E-state index contributed by atoms with van der Waals surface area (Å²) < 4.78 is 17.4. The maximum atomic E-state index is 13.3. The lowest BCUT2D eigenvalue weighted by atomic mass is 9.62. The van der Waals surface area contributed by atoms with Crippen molar-refractivity contribution in [3.05, 3.63) is 34.6 Å². The SMILES string of the molecule is C[C@H](/C=C/C1=CC2=C(Cl)C(=O)[C@@]3(C)O[C@@]4(O)[C@H](C)[C@@H](C)OC(=O)[C@@H]4[C@@H]3C2CO1)[C@@H](C)O. The molecule has 0 aromatic heterocycles. The van der Waals surface area contributed by atoms with Crippen LogP contribution in [0, 0.1) is 29.6 Å². The zero-order valence-corrected chi connectivity index (χ0v) is 19.1. The standard InChI is InChI=1S/C23H29ClO7/c1-10(12(3)25)6-7-14-8-15-16(9-29-14)17-18-21(27)30-13(4)11(2)23(18,28)31-22(17,5)20(26)19(15)24/h6-8,10-13,16-18,25,28H,9H2,1-5H3/b7-6+/t10-,11-,12-,13-,16?,17+,18+,22+,23+/m1/s1. The van der Waals surface area contributed by atoms with E-state index < -0.39 is 59.0 Å². The summed E-state index contributed by atoms with van der Waals surface area (Å²) in [6.45, 7) is 8.78. The molecule has 2 N–H and O–H groups in total. The summed E-state index contributed by atoms with van der Waals surface area (Å²) in [6.07, 6.45) is 4.19. The van der Waals surface area contributed by atoms with Crippen LogP contribution in [0.4, 0.5) is 0 Å². The number of ketones is 1. The second-order valence-corrected chi connectivity index (χ2v) is 9.79.